The van der Waals surface area contributed by atoms with Crippen molar-refractivity contribution >= 4 is 70.1 Å². The molecule has 0 atom stereocenters. The first kappa shape index (κ1) is 26.7. The van der Waals surface area contributed by atoms with Crippen LogP contribution in [0.15, 0.2) is 176 Å². The van der Waals surface area contributed by atoms with Crippen molar-refractivity contribution in [1.29, 1.82) is 0 Å². The monoisotopic (exact) mass is 603 g/mol. The number of nitrogens with zero attached hydrogens (tertiary/aromatic N) is 1. The summed E-state index contributed by atoms with van der Waals surface area (Å²) in [7, 11) is 0. The van der Waals surface area contributed by atoms with Crippen molar-refractivity contribution in [3.63, 3.8) is 0 Å². The largest absolute Gasteiger partial charge is 0.310 e. The second-order valence-corrected chi connectivity index (χ2v) is 12.9. The highest BCUT2D eigenvalue weighted by atomic mass is 32.1. The van der Waals surface area contributed by atoms with E-state index in [2.05, 4.69) is 181 Å². The standard InChI is InChI=1S/C44H29NS/c1-2-11-32(12-3-1)39-14-6-8-16-42(39)45(37-23-20-31(21-24-37)34-19-18-30-10-4-5-13-33(30)26-34)38-25-22-35-28-41-40-15-7-9-17-43(40)46-44(41)29-36(35)27-38/h1-29H. The van der Waals surface area contributed by atoms with E-state index in [0.29, 0.717) is 0 Å². The molecule has 0 unspecified atom stereocenters. The maximum absolute atomic E-state index is 2.40. The van der Waals surface area contributed by atoms with Gasteiger partial charge in [-0.3, -0.25) is 0 Å². The lowest BCUT2D eigenvalue weighted by Crippen LogP contribution is -2.11. The van der Waals surface area contributed by atoms with Crippen molar-refractivity contribution < 1.29 is 0 Å². The van der Waals surface area contributed by atoms with Gasteiger partial charge in [0.25, 0.3) is 0 Å². The summed E-state index contributed by atoms with van der Waals surface area (Å²) in [5.41, 5.74) is 8.22. The lowest BCUT2D eigenvalue weighted by molar-refractivity contribution is 1.29. The van der Waals surface area contributed by atoms with E-state index in [9.17, 15) is 0 Å². The van der Waals surface area contributed by atoms with E-state index in [1.54, 1.807) is 0 Å². The zero-order valence-corrected chi connectivity index (χ0v) is 25.9. The summed E-state index contributed by atoms with van der Waals surface area (Å²) in [5, 5.41) is 7.67. The first-order valence-corrected chi connectivity index (χ1v) is 16.5. The van der Waals surface area contributed by atoms with Crippen LogP contribution in [0, 0.1) is 0 Å². The number of benzene rings is 8. The van der Waals surface area contributed by atoms with Crippen LogP contribution < -0.4 is 4.90 Å². The average molecular weight is 604 g/mol. The minimum Gasteiger partial charge on any atom is -0.310 e. The van der Waals surface area contributed by atoms with E-state index < -0.39 is 0 Å². The highest BCUT2D eigenvalue weighted by Gasteiger charge is 2.18. The molecule has 0 aliphatic carbocycles. The normalized spacial score (nSPS) is 11.5. The molecule has 0 radical (unpaired) electrons. The first-order chi connectivity index (χ1) is 22.8. The molecule has 1 heterocycles. The van der Waals surface area contributed by atoms with Crippen molar-refractivity contribution in [3.8, 4) is 22.3 Å². The fourth-order valence-electron chi connectivity index (χ4n) is 6.72. The topological polar surface area (TPSA) is 3.24 Å². The van der Waals surface area contributed by atoms with Gasteiger partial charge in [0.1, 0.15) is 0 Å². The van der Waals surface area contributed by atoms with Gasteiger partial charge >= 0.3 is 0 Å². The van der Waals surface area contributed by atoms with E-state index in [0.717, 1.165) is 17.1 Å². The van der Waals surface area contributed by atoms with E-state index in [1.165, 1.54) is 64.0 Å². The Morgan fingerprint density at radius 1 is 0.348 bits per heavy atom. The summed E-state index contributed by atoms with van der Waals surface area (Å²) in [6.45, 7) is 0. The van der Waals surface area contributed by atoms with Gasteiger partial charge in [-0.15, -0.1) is 11.3 Å². The lowest BCUT2D eigenvalue weighted by atomic mass is 9.99. The van der Waals surface area contributed by atoms with E-state index in [-0.39, 0.29) is 0 Å². The van der Waals surface area contributed by atoms with Crippen LogP contribution in [0.2, 0.25) is 0 Å². The molecule has 46 heavy (non-hydrogen) atoms. The van der Waals surface area contributed by atoms with Crippen molar-refractivity contribution in [3.05, 3.63) is 176 Å². The van der Waals surface area contributed by atoms with Crippen LogP contribution in [0.5, 0.6) is 0 Å². The summed E-state index contributed by atoms with van der Waals surface area (Å²) in [5.74, 6) is 0. The Labute approximate surface area is 272 Å². The number of para-hydroxylation sites is 1. The fourth-order valence-corrected chi connectivity index (χ4v) is 7.86. The van der Waals surface area contributed by atoms with Crippen molar-refractivity contribution in [2.24, 2.45) is 0 Å². The molecule has 216 valence electrons. The van der Waals surface area contributed by atoms with E-state index in [4.69, 9.17) is 0 Å². The van der Waals surface area contributed by atoms with Crippen LogP contribution in [0.1, 0.15) is 0 Å². The van der Waals surface area contributed by atoms with Gasteiger partial charge in [0.05, 0.1) is 5.69 Å². The summed E-state index contributed by atoms with van der Waals surface area (Å²) < 4.78 is 2.65. The molecule has 0 saturated carbocycles. The molecule has 9 rings (SSSR count). The predicted molar refractivity (Wildman–Crippen MR) is 200 cm³/mol. The third-order valence-electron chi connectivity index (χ3n) is 9.02. The molecule has 1 aromatic heterocycles. The first-order valence-electron chi connectivity index (χ1n) is 15.7. The minimum atomic E-state index is 1.12. The molecule has 9 aromatic rings. The van der Waals surface area contributed by atoms with Crippen LogP contribution in [0.3, 0.4) is 0 Å². The molecule has 0 bridgehead atoms. The Kier molecular flexibility index (Phi) is 6.40. The zero-order chi connectivity index (χ0) is 30.5. The van der Waals surface area contributed by atoms with Gasteiger partial charge < -0.3 is 4.90 Å². The Bertz CT molecular complexity index is 2530. The average Bonchev–Trinajstić information content (AvgIpc) is 3.49. The Hall–Kier alpha value is -5.70. The number of fused-ring (bicyclic) bond motifs is 5. The Morgan fingerprint density at radius 3 is 1.91 bits per heavy atom. The van der Waals surface area contributed by atoms with Gasteiger partial charge in [0, 0.05) is 37.1 Å². The number of hydrogen-bond acceptors (Lipinski definition) is 2. The van der Waals surface area contributed by atoms with Gasteiger partial charge in [-0.1, -0.05) is 121 Å². The highest BCUT2D eigenvalue weighted by Crippen LogP contribution is 2.43. The Morgan fingerprint density at radius 2 is 1.02 bits per heavy atom. The molecule has 0 saturated heterocycles. The van der Waals surface area contributed by atoms with E-state index in [1.807, 2.05) is 11.3 Å². The fraction of sp³-hybridized carbons (Fsp3) is 0. The Balaban J connectivity index is 1.20. The second-order valence-electron chi connectivity index (χ2n) is 11.8. The van der Waals surface area contributed by atoms with Crippen molar-refractivity contribution in [2.45, 2.75) is 0 Å². The SMILES string of the molecule is c1ccc(-c2ccccc2N(c2ccc(-c3ccc4ccccc4c3)cc2)c2ccc3cc4c(cc3c2)sc2ccccc24)cc1. The van der Waals surface area contributed by atoms with Gasteiger partial charge in [0.2, 0.25) is 0 Å². The zero-order valence-electron chi connectivity index (χ0n) is 25.1. The third kappa shape index (κ3) is 4.63. The molecule has 1 nitrogen and oxygen atoms in total. The molecule has 2 heteroatoms. The molecular weight excluding hydrogens is 575 g/mol. The van der Waals surface area contributed by atoms with Gasteiger partial charge in [-0.05, 0) is 92.8 Å². The van der Waals surface area contributed by atoms with Gasteiger partial charge in [-0.2, -0.15) is 0 Å². The smallest absolute Gasteiger partial charge is 0.0540 e. The molecule has 0 spiro atoms. The van der Waals surface area contributed by atoms with E-state index >= 15 is 0 Å². The maximum atomic E-state index is 2.40. The number of hydrogen-bond donors (Lipinski definition) is 0. The summed E-state index contributed by atoms with van der Waals surface area (Å²) in [6.07, 6.45) is 0. The molecule has 0 amide bonds. The second kappa shape index (κ2) is 11.0. The molecule has 0 N–H and O–H groups in total. The van der Waals surface area contributed by atoms with Crippen LogP contribution in [0.4, 0.5) is 17.1 Å². The summed E-state index contributed by atoms with van der Waals surface area (Å²) in [6, 6.07) is 64.0. The molecule has 0 aliphatic heterocycles. The molecule has 8 aromatic carbocycles. The van der Waals surface area contributed by atoms with Crippen LogP contribution >= 0.6 is 11.3 Å². The lowest BCUT2D eigenvalue weighted by Gasteiger charge is -2.28. The number of thiophene rings is 1. The molecule has 0 aliphatic rings. The molecular formula is C44H29NS. The minimum absolute atomic E-state index is 1.12. The molecule has 0 fully saturated rings. The van der Waals surface area contributed by atoms with Crippen LogP contribution in [-0.4, -0.2) is 0 Å². The number of rotatable bonds is 5. The third-order valence-corrected chi connectivity index (χ3v) is 10.1. The summed E-state index contributed by atoms with van der Waals surface area (Å²) in [4.78, 5) is 2.40. The van der Waals surface area contributed by atoms with Crippen LogP contribution in [0.25, 0.3) is 64.0 Å². The van der Waals surface area contributed by atoms with Crippen molar-refractivity contribution in [2.75, 3.05) is 4.90 Å². The summed E-state index contributed by atoms with van der Waals surface area (Å²) >= 11 is 1.87. The number of anilines is 3. The highest BCUT2D eigenvalue weighted by molar-refractivity contribution is 7.25. The van der Waals surface area contributed by atoms with Gasteiger partial charge in [0.15, 0.2) is 0 Å². The maximum Gasteiger partial charge on any atom is 0.0540 e. The van der Waals surface area contributed by atoms with Crippen molar-refractivity contribution in [1.82, 2.24) is 0 Å². The quantitative estimate of drug-likeness (QED) is 0.189. The predicted octanol–water partition coefficient (Wildman–Crippen LogP) is 13.2. The van der Waals surface area contributed by atoms with Gasteiger partial charge in [-0.25, -0.2) is 0 Å². The van der Waals surface area contributed by atoms with Crippen LogP contribution in [-0.2, 0) is 0 Å².